The van der Waals surface area contributed by atoms with E-state index >= 15 is 0 Å². The van der Waals surface area contributed by atoms with Gasteiger partial charge in [-0.2, -0.15) is 0 Å². The van der Waals surface area contributed by atoms with Crippen LogP contribution in [0, 0.1) is 0 Å². The molecule has 26 heavy (non-hydrogen) atoms. The predicted octanol–water partition coefficient (Wildman–Crippen LogP) is 5.01. The van der Waals surface area contributed by atoms with Crippen molar-refractivity contribution in [2.45, 2.75) is 25.9 Å². The Morgan fingerprint density at radius 2 is 1.77 bits per heavy atom. The predicted molar refractivity (Wildman–Crippen MR) is 107 cm³/mol. The van der Waals surface area contributed by atoms with Crippen LogP contribution >= 0.6 is 11.6 Å². The molecule has 0 fully saturated rings. The molecule has 0 radical (unpaired) electrons. The van der Waals surface area contributed by atoms with Crippen LogP contribution in [0.3, 0.4) is 0 Å². The lowest BCUT2D eigenvalue weighted by atomic mass is 10.1. The molecule has 0 saturated carbocycles. The van der Waals surface area contributed by atoms with Gasteiger partial charge in [0, 0.05) is 17.0 Å². The highest BCUT2D eigenvalue weighted by Gasteiger charge is 2.18. The van der Waals surface area contributed by atoms with Crippen LogP contribution in [0.2, 0.25) is 5.02 Å². The molecule has 3 aromatic carbocycles. The van der Waals surface area contributed by atoms with Gasteiger partial charge in [-0.15, -0.1) is 0 Å². The highest BCUT2D eigenvalue weighted by atomic mass is 35.5. The van der Waals surface area contributed by atoms with Gasteiger partial charge in [0.1, 0.15) is 5.75 Å². The van der Waals surface area contributed by atoms with Gasteiger partial charge in [0.25, 0.3) is 5.91 Å². The molecule has 1 amide bonds. The van der Waals surface area contributed by atoms with E-state index in [0.29, 0.717) is 18.0 Å². The minimum Gasteiger partial charge on any atom is -0.480 e. The first-order chi connectivity index (χ1) is 12.7. The van der Waals surface area contributed by atoms with E-state index < -0.39 is 6.10 Å². The monoisotopic (exact) mass is 367 g/mol. The van der Waals surface area contributed by atoms with Crippen LogP contribution in [0.1, 0.15) is 18.9 Å². The van der Waals surface area contributed by atoms with Gasteiger partial charge in [0.15, 0.2) is 6.10 Å². The largest absolute Gasteiger partial charge is 0.480 e. The lowest BCUT2D eigenvalue weighted by Crippen LogP contribution is -2.39. The minimum atomic E-state index is -0.508. The number of carbonyl (C=O) groups is 1. The van der Waals surface area contributed by atoms with E-state index in [9.17, 15) is 4.79 Å². The van der Waals surface area contributed by atoms with E-state index in [4.69, 9.17) is 16.3 Å². The van der Waals surface area contributed by atoms with E-state index in [2.05, 4.69) is 5.32 Å². The van der Waals surface area contributed by atoms with E-state index in [-0.39, 0.29) is 5.91 Å². The van der Waals surface area contributed by atoms with Gasteiger partial charge >= 0.3 is 0 Å². The van der Waals surface area contributed by atoms with Crippen molar-refractivity contribution in [2.24, 2.45) is 0 Å². The van der Waals surface area contributed by atoms with Crippen LogP contribution in [0.5, 0.6) is 5.75 Å². The third-order valence-electron chi connectivity index (χ3n) is 4.31. The number of nitrogens with one attached hydrogen (secondary N) is 1. The lowest BCUT2D eigenvalue weighted by molar-refractivity contribution is -0.128. The van der Waals surface area contributed by atoms with Crippen molar-refractivity contribution in [3.05, 3.63) is 77.3 Å². The quantitative estimate of drug-likeness (QED) is 0.637. The Balaban J connectivity index is 1.60. The zero-order chi connectivity index (χ0) is 18.4. The summed E-state index contributed by atoms with van der Waals surface area (Å²) < 4.78 is 6.03. The fraction of sp³-hybridized carbons (Fsp3) is 0.227. The smallest absolute Gasteiger partial charge is 0.261 e. The molecule has 0 aliphatic rings. The molecule has 0 spiro atoms. The zero-order valence-electron chi connectivity index (χ0n) is 14.7. The van der Waals surface area contributed by atoms with Crippen molar-refractivity contribution in [3.63, 3.8) is 0 Å². The highest BCUT2D eigenvalue weighted by molar-refractivity contribution is 6.30. The summed E-state index contributed by atoms with van der Waals surface area (Å²) in [6.07, 6.45) is 0.856. The van der Waals surface area contributed by atoms with Crippen molar-refractivity contribution in [1.82, 2.24) is 5.32 Å². The number of carbonyl (C=O) groups excluding carboxylic acids is 1. The van der Waals surface area contributed by atoms with Crippen LogP contribution < -0.4 is 10.1 Å². The van der Waals surface area contributed by atoms with Gasteiger partial charge < -0.3 is 10.1 Å². The maximum absolute atomic E-state index is 12.5. The Hall–Kier alpha value is -2.52. The second-order valence-electron chi connectivity index (χ2n) is 6.16. The summed E-state index contributed by atoms with van der Waals surface area (Å²) >= 11 is 5.89. The summed E-state index contributed by atoms with van der Waals surface area (Å²) in [5.41, 5.74) is 1.14. The van der Waals surface area contributed by atoms with Crippen LogP contribution in [-0.2, 0) is 11.2 Å². The number of ether oxygens (including phenoxy) is 1. The molecule has 0 bridgehead atoms. The molecule has 1 N–H and O–H groups in total. The minimum absolute atomic E-state index is 0.0885. The van der Waals surface area contributed by atoms with Crippen molar-refractivity contribution >= 4 is 28.3 Å². The average molecular weight is 368 g/mol. The number of fused-ring (bicyclic) bond motifs is 1. The summed E-state index contributed by atoms with van der Waals surface area (Å²) in [6, 6.07) is 21.6. The molecule has 134 valence electrons. The van der Waals surface area contributed by atoms with Crippen LogP contribution in [0.15, 0.2) is 66.7 Å². The van der Waals surface area contributed by atoms with Gasteiger partial charge in [-0.1, -0.05) is 67.1 Å². The molecule has 1 atom stereocenters. The fourth-order valence-electron chi connectivity index (χ4n) is 2.87. The second kappa shape index (κ2) is 8.72. The molecule has 4 heteroatoms. The van der Waals surface area contributed by atoms with E-state index in [1.54, 1.807) is 0 Å². The Labute approximate surface area is 158 Å². The number of amides is 1. The first-order valence-electron chi connectivity index (χ1n) is 8.84. The molecular formula is C22H22ClNO2. The molecular weight excluding hydrogens is 346 g/mol. The van der Waals surface area contributed by atoms with Crippen LogP contribution in [0.4, 0.5) is 0 Å². The second-order valence-corrected chi connectivity index (χ2v) is 6.60. The number of halogens is 1. The third kappa shape index (κ3) is 4.55. The molecule has 3 nitrogen and oxygen atoms in total. The van der Waals surface area contributed by atoms with Crippen molar-refractivity contribution in [3.8, 4) is 5.75 Å². The number of rotatable bonds is 7. The summed E-state index contributed by atoms with van der Waals surface area (Å²) in [7, 11) is 0. The molecule has 0 aliphatic carbocycles. The third-order valence-corrected chi connectivity index (χ3v) is 4.56. The Kier molecular flexibility index (Phi) is 6.13. The van der Waals surface area contributed by atoms with Crippen molar-refractivity contribution in [1.29, 1.82) is 0 Å². The van der Waals surface area contributed by atoms with Gasteiger partial charge in [-0.3, -0.25) is 4.79 Å². The first kappa shape index (κ1) is 18.3. The lowest BCUT2D eigenvalue weighted by Gasteiger charge is -2.18. The molecule has 3 aromatic rings. The van der Waals surface area contributed by atoms with Crippen molar-refractivity contribution in [2.75, 3.05) is 6.54 Å². The van der Waals surface area contributed by atoms with Gasteiger partial charge in [0.05, 0.1) is 0 Å². The Morgan fingerprint density at radius 3 is 2.54 bits per heavy atom. The fourth-order valence-corrected chi connectivity index (χ4v) is 2.99. The van der Waals surface area contributed by atoms with Crippen molar-refractivity contribution < 1.29 is 9.53 Å². The highest BCUT2D eigenvalue weighted by Crippen LogP contribution is 2.26. The molecule has 3 rings (SSSR count). The van der Waals surface area contributed by atoms with E-state index in [0.717, 1.165) is 28.5 Å². The normalized spacial score (nSPS) is 11.9. The summed E-state index contributed by atoms with van der Waals surface area (Å²) in [4.78, 5) is 12.5. The number of hydrogen-bond donors (Lipinski definition) is 1. The summed E-state index contributed by atoms with van der Waals surface area (Å²) in [5.74, 6) is 0.650. The van der Waals surface area contributed by atoms with E-state index in [1.807, 2.05) is 73.7 Å². The molecule has 1 unspecified atom stereocenters. The van der Waals surface area contributed by atoms with Crippen LogP contribution in [-0.4, -0.2) is 18.6 Å². The molecule has 0 aromatic heterocycles. The average Bonchev–Trinajstić information content (AvgIpc) is 2.67. The standard InChI is InChI=1S/C22H22ClNO2/c1-2-20(22(25)24-15-14-16-10-12-18(23)13-11-16)26-21-9-5-7-17-6-3-4-8-19(17)21/h3-13,20H,2,14-15H2,1H3,(H,24,25). The van der Waals surface area contributed by atoms with Gasteiger partial charge in [-0.05, 0) is 42.0 Å². The van der Waals surface area contributed by atoms with Gasteiger partial charge in [0.2, 0.25) is 0 Å². The molecule has 0 heterocycles. The molecule has 0 saturated heterocycles. The van der Waals surface area contributed by atoms with Gasteiger partial charge in [-0.25, -0.2) is 0 Å². The first-order valence-corrected chi connectivity index (χ1v) is 9.21. The Bertz CT molecular complexity index is 871. The topological polar surface area (TPSA) is 38.3 Å². The molecule has 0 aliphatic heterocycles. The number of benzene rings is 3. The Morgan fingerprint density at radius 1 is 1.04 bits per heavy atom. The summed E-state index contributed by atoms with van der Waals surface area (Å²) in [6.45, 7) is 2.52. The maximum Gasteiger partial charge on any atom is 0.261 e. The number of hydrogen-bond acceptors (Lipinski definition) is 2. The maximum atomic E-state index is 12.5. The zero-order valence-corrected chi connectivity index (χ0v) is 15.5. The SMILES string of the molecule is CCC(Oc1cccc2ccccc12)C(=O)NCCc1ccc(Cl)cc1. The summed E-state index contributed by atoms with van der Waals surface area (Å²) in [5, 5.41) is 5.80. The van der Waals surface area contributed by atoms with E-state index in [1.165, 1.54) is 0 Å². The van der Waals surface area contributed by atoms with Crippen LogP contribution in [0.25, 0.3) is 10.8 Å².